The van der Waals surface area contributed by atoms with Crippen molar-refractivity contribution in [3.63, 3.8) is 0 Å². The van der Waals surface area contributed by atoms with Crippen molar-refractivity contribution in [1.82, 2.24) is 9.13 Å². The Labute approximate surface area is 198 Å². The fourth-order valence-electron chi connectivity index (χ4n) is 3.70. The third-order valence-electron chi connectivity index (χ3n) is 5.46. The smallest absolute Gasteiger partial charge is 0.333 e. The molecule has 0 saturated carbocycles. The number of para-hydroxylation sites is 2. The summed E-state index contributed by atoms with van der Waals surface area (Å²) in [7, 11) is 1.50. The molecular weight excluding hydrogens is 459 g/mol. The van der Waals surface area contributed by atoms with Gasteiger partial charge in [-0.05, 0) is 49.2 Å². The molecule has 2 heterocycles. The molecular formula is C24H23FN4O6. The molecule has 3 aromatic rings. The molecule has 1 saturated heterocycles. The highest BCUT2D eigenvalue weighted by molar-refractivity contribution is 6.05. The minimum atomic E-state index is -1.19. The summed E-state index contributed by atoms with van der Waals surface area (Å²) in [6.07, 6.45) is 1.33. The molecule has 182 valence electrons. The largest absolute Gasteiger partial charge is 0.495 e. The summed E-state index contributed by atoms with van der Waals surface area (Å²) >= 11 is 0. The third kappa shape index (κ3) is 5.30. The molecule has 1 aliphatic rings. The number of nitrogens with one attached hydrogen (secondary N) is 2. The van der Waals surface area contributed by atoms with Crippen molar-refractivity contribution in [2.45, 2.75) is 25.6 Å². The van der Waals surface area contributed by atoms with E-state index in [1.54, 1.807) is 24.3 Å². The molecule has 1 fully saturated rings. The molecule has 0 bridgehead atoms. The van der Waals surface area contributed by atoms with Gasteiger partial charge in [-0.1, -0.05) is 12.1 Å². The van der Waals surface area contributed by atoms with Crippen molar-refractivity contribution in [3.8, 4) is 5.75 Å². The topological polar surface area (TPSA) is 121 Å². The van der Waals surface area contributed by atoms with Crippen LogP contribution in [0.5, 0.6) is 5.75 Å². The highest BCUT2D eigenvalue weighted by atomic mass is 19.1. The number of benzene rings is 2. The molecule has 2 N–H and O–H groups in total. The Kier molecular flexibility index (Phi) is 7.06. The Balaban J connectivity index is 1.44. The second-order valence-electron chi connectivity index (χ2n) is 7.81. The molecule has 2 amide bonds. The first-order valence-corrected chi connectivity index (χ1v) is 10.8. The van der Waals surface area contributed by atoms with Crippen molar-refractivity contribution in [3.05, 3.63) is 86.9 Å². The minimum Gasteiger partial charge on any atom is -0.495 e. The first kappa shape index (κ1) is 23.9. The van der Waals surface area contributed by atoms with Gasteiger partial charge in [0.1, 0.15) is 18.5 Å². The molecule has 2 aromatic carbocycles. The summed E-state index contributed by atoms with van der Waals surface area (Å²) in [4.78, 5) is 49.9. The van der Waals surface area contributed by atoms with Crippen molar-refractivity contribution in [1.29, 1.82) is 0 Å². The summed E-state index contributed by atoms with van der Waals surface area (Å²) in [5.41, 5.74) is -0.862. The molecule has 1 aliphatic heterocycles. The maximum absolute atomic E-state index is 14.1. The van der Waals surface area contributed by atoms with E-state index in [-0.39, 0.29) is 5.91 Å². The van der Waals surface area contributed by atoms with Gasteiger partial charge >= 0.3 is 5.69 Å². The number of methoxy groups -OCH3 is 1. The lowest BCUT2D eigenvalue weighted by molar-refractivity contribution is -0.116. The number of nitrogens with zero attached hydrogens (tertiary/aromatic N) is 2. The molecule has 0 unspecified atom stereocenters. The van der Waals surface area contributed by atoms with Crippen LogP contribution in [0.15, 0.2) is 64.3 Å². The molecule has 0 spiro atoms. The monoisotopic (exact) mass is 482 g/mol. The van der Waals surface area contributed by atoms with E-state index in [1.165, 1.54) is 31.4 Å². The van der Waals surface area contributed by atoms with Gasteiger partial charge in [0.15, 0.2) is 0 Å². The SMILES string of the molecule is COc1ccccc1NC(=O)c1ccc(NC(=O)Cn2c(=O)c(F)cn([C@H]3CCCO3)c2=O)cc1. The number of ether oxygens (including phenoxy) is 2. The van der Waals surface area contributed by atoms with Crippen LogP contribution in [0.25, 0.3) is 0 Å². The Bertz CT molecular complexity index is 1360. The number of carbonyl (C=O) groups is 2. The number of carbonyl (C=O) groups excluding carboxylic acids is 2. The number of aromatic nitrogens is 2. The standard InChI is InChI=1S/C24H23FN4O6/c1-34-19-6-3-2-5-18(19)27-22(31)15-8-10-16(11-9-15)26-20(30)14-29-23(32)17(25)13-28(24(29)33)21-7-4-12-35-21/h2-3,5-6,8-11,13,21H,4,7,12,14H2,1H3,(H,26,30)(H,27,31)/t21-/m1/s1. The number of amides is 2. The third-order valence-corrected chi connectivity index (χ3v) is 5.46. The Morgan fingerprint density at radius 1 is 1.11 bits per heavy atom. The summed E-state index contributed by atoms with van der Waals surface area (Å²) in [5, 5.41) is 5.28. The zero-order valence-electron chi connectivity index (χ0n) is 18.8. The van der Waals surface area contributed by atoms with E-state index in [0.29, 0.717) is 46.7 Å². The van der Waals surface area contributed by atoms with Gasteiger partial charge < -0.3 is 20.1 Å². The number of halogens is 1. The van der Waals surface area contributed by atoms with Crippen LogP contribution in [-0.2, 0) is 16.1 Å². The average molecular weight is 482 g/mol. The van der Waals surface area contributed by atoms with Gasteiger partial charge in [-0.25, -0.2) is 9.36 Å². The van der Waals surface area contributed by atoms with Crippen LogP contribution in [0.1, 0.15) is 29.4 Å². The second kappa shape index (κ2) is 10.3. The van der Waals surface area contributed by atoms with Crippen LogP contribution in [0.4, 0.5) is 15.8 Å². The quantitative estimate of drug-likeness (QED) is 0.533. The first-order chi connectivity index (χ1) is 16.9. The fraction of sp³-hybridized carbons (Fsp3) is 0.250. The van der Waals surface area contributed by atoms with E-state index in [9.17, 15) is 23.6 Å². The molecule has 4 rings (SSSR count). The zero-order chi connectivity index (χ0) is 24.9. The maximum Gasteiger partial charge on any atom is 0.333 e. The van der Waals surface area contributed by atoms with Gasteiger partial charge in [0.25, 0.3) is 11.5 Å². The lowest BCUT2D eigenvalue weighted by Crippen LogP contribution is -2.44. The highest BCUT2D eigenvalue weighted by Gasteiger charge is 2.23. The van der Waals surface area contributed by atoms with Crippen molar-refractivity contribution in [2.24, 2.45) is 0 Å². The molecule has 11 heteroatoms. The lowest BCUT2D eigenvalue weighted by Gasteiger charge is -2.15. The van der Waals surface area contributed by atoms with Crippen LogP contribution in [-0.4, -0.2) is 34.7 Å². The van der Waals surface area contributed by atoms with Crippen LogP contribution in [0.2, 0.25) is 0 Å². The van der Waals surface area contributed by atoms with Gasteiger partial charge in [-0.2, -0.15) is 4.39 Å². The highest BCUT2D eigenvalue weighted by Crippen LogP contribution is 2.24. The van der Waals surface area contributed by atoms with Crippen LogP contribution in [0.3, 0.4) is 0 Å². The van der Waals surface area contributed by atoms with Gasteiger partial charge in [-0.3, -0.25) is 19.0 Å². The van der Waals surface area contributed by atoms with Gasteiger partial charge in [0, 0.05) is 17.9 Å². The summed E-state index contributed by atoms with van der Waals surface area (Å²) in [6, 6.07) is 12.9. The molecule has 0 aliphatic carbocycles. The van der Waals surface area contributed by atoms with Crippen molar-refractivity contribution < 1.29 is 23.5 Å². The molecule has 1 atom stereocenters. The van der Waals surface area contributed by atoms with Gasteiger partial charge in [-0.15, -0.1) is 0 Å². The first-order valence-electron chi connectivity index (χ1n) is 10.8. The van der Waals surface area contributed by atoms with E-state index in [0.717, 1.165) is 10.8 Å². The summed E-state index contributed by atoms with van der Waals surface area (Å²) in [6.45, 7) is -0.260. The second-order valence-corrected chi connectivity index (χ2v) is 7.81. The predicted octanol–water partition coefficient (Wildman–Crippen LogP) is 2.36. The molecule has 0 radical (unpaired) electrons. The van der Waals surface area contributed by atoms with Gasteiger partial charge in [0.2, 0.25) is 11.7 Å². The maximum atomic E-state index is 14.1. The van der Waals surface area contributed by atoms with E-state index in [2.05, 4.69) is 10.6 Å². The number of anilines is 2. The number of rotatable bonds is 7. The zero-order valence-corrected chi connectivity index (χ0v) is 18.8. The molecule has 10 nitrogen and oxygen atoms in total. The number of hydrogen-bond acceptors (Lipinski definition) is 6. The minimum absolute atomic E-state index is 0.327. The Morgan fingerprint density at radius 3 is 2.54 bits per heavy atom. The number of hydrogen-bond donors (Lipinski definition) is 2. The predicted molar refractivity (Wildman–Crippen MR) is 125 cm³/mol. The molecule has 1 aromatic heterocycles. The lowest BCUT2D eigenvalue weighted by atomic mass is 10.2. The fourth-order valence-corrected chi connectivity index (χ4v) is 3.70. The van der Waals surface area contributed by atoms with E-state index in [1.807, 2.05) is 0 Å². The van der Waals surface area contributed by atoms with Crippen molar-refractivity contribution >= 4 is 23.2 Å². The summed E-state index contributed by atoms with van der Waals surface area (Å²) in [5.74, 6) is -1.73. The Morgan fingerprint density at radius 2 is 1.86 bits per heavy atom. The summed E-state index contributed by atoms with van der Waals surface area (Å²) < 4.78 is 26.3. The van der Waals surface area contributed by atoms with Crippen LogP contribution >= 0.6 is 0 Å². The van der Waals surface area contributed by atoms with E-state index >= 15 is 0 Å². The van der Waals surface area contributed by atoms with Crippen LogP contribution < -0.4 is 26.6 Å². The van der Waals surface area contributed by atoms with Gasteiger partial charge in [0.05, 0.1) is 19.0 Å². The van der Waals surface area contributed by atoms with E-state index < -0.39 is 35.7 Å². The average Bonchev–Trinajstić information content (AvgIpc) is 3.39. The van der Waals surface area contributed by atoms with E-state index in [4.69, 9.17) is 9.47 Å². The Hall–Kier alpha value is -4.25. The van der Waals surface area contributed by atoms with Crippen LogP contribution in [0, 0.1) is 5.82 Å². The van der Waals surface area contributed by atoms with Crippen molar-refractivity contribution in [2.75, 3.05) is 24.4 Å². The molecule has 35 heavy (non-hydrogen) atoms. The normalized spacial score (nSPS) is 15.0.